The van der Waals surface area contributed by atoms with Crippen molar-refractivity contribution >= 4 is 50.9 Å². The topological polar surface area (TPSA) is 66.5 Å². The van der Waals surface area contributed by atoms with E-state index < -0.39 is 10.0 Å². The van der Waals surface area contributed by atoms with Crippen molar-refractivity contribution < 1.29 is 13.2 Å². The van der Waals surface area contributed by atoms with E-state index in [0.29, 0.717) is 34.4 Å². The molecule has 0 aromatic heterocycles. The molecule has 0 spiro atoms. The van der Waals surface area contributed by atoms with Crippen LogP contribution >= 0.6 is 23.2 Å². The van der Waals surface area contributed by atoms with Crippen LogP contribution in [0.2, 0.25) is 10.0 Å². The highest BCUT2D eigenvalue weighted by molar-refractivity contribution is 7.89. The molecule has 0 radical (unpaired) electrons. The second kappa shape index (κ2) is 9.37. The Bertz CT molecular complexity index is 918. The Morgan fingerprint density at radius 3 is 2.11 bits per heavy atom. The van der Waals surface area contributed by atoms with Gasteiger partial charge in [-0.2, -0.15) is 4.31 Å². The summed E-state index contributed by atoms with van der Waals surface area (Å²) in [6.07, 6.45) is 2.94. The van der Waals surface area contributed by atoms with Crippen LogP contribution in [0.25, 0.3) is 6.08 Å². The van der Waals surface area contributed by atoms with Gasteiger partial charge in [0.1, 0.15) is 0 Å². The van der Waals surface area contributed by atoms with Gasteiger partial charge >= 0.3 is 0 Å². The Balaban J connectivity index is 2.08. The number of carbonyl (C=O) groups excluding carboxylic acids is 1. The largest absolute Gasteiger partial charge is 0.322 e. The molecule has 8 heteroatoms. The van der Waals surface area contributed by atoms with E-state index in [1.165, 1.54) is 22.5 Å². The molecule has 0 atom stereocenters. The zero-order chi connectivity index (χ0) is 20.0. The van der Waals surface area contributed by atoms with E-state index in [1.807, 2.05) is 0 Å². The van der Waals surface area contributed by atoms with Crippen molar-refractivity contribution in [3.63, 3.8) is 0 Å². The van der Waals surface area contributed by atoms with Crippen LogP contribution < -0.4 is 5.32 Å². The van der Waals surface area contributed by atoms with Crippen molar-refractivity contribution in [1.82, 2.24) is 4.31 Å². The molecule has 0 bridgehead atoms. The molecule has 2 aromatic rings. The highest BCUT2D eigenvalue weighted by Gasteiger charge is 2.20. The Hall–Kier alpha value is -1.86. The molecule has 144 valence electrons. The van der Waals surface area contributed by atoms with Crippen molar-refractivity contribution in [3.05, 3.63) is 64.1 Å². The highest BCUT2D eigenvalue weighted by Crippen LogP contribution is 2.22. The lowest BCUT2D eigenvalue weighted by atomic mass is 10.2. The number of hydrogen-bond donors (Lipinski definition) is 1. The molecule has 1 amide bonds. The average molecular weight is 427 g/mol. The third kappa shape index (κ3) is 5.81. The van der Waals surface area contributed by atoms with Crippen LogP contribution in [0.3, 0.4) is 0 Å². The standard InChI is InChI=1S/C19H20Cl2N2O3S/c1-3-23(4-2)27(25,26)18-8-5-14(6-9-18)7-10-19(24)22-17-12-15(20)11-16(21)13-17/h5-13H,3-4H2,1-2H3,(H,22,24). The van der Waals surface area contributed by atoms with Gasteiger partial charge in [0, 0.05) is 34.9 Å². The lowest BCUT2D eigenvalue weighted by molar-refractivity contribution is -0.111. The van der Waals surface area contributed by atoms with Crippen LogP contribution in [0, 0.1) is 0 Å². The molecule has 0 aliphatic carbocycles. The van der Waals surface area contributed by atoms with Crippen LogP contribution in [0.4, 0.5) is 5.69 Å². The van der Waals surface area contributed by atoms with Gasteiger partial charge in [0.15, 0.2) is 0 Å². The number of amides is 1. The normalized spacial score (nSPS) is 11.9. The summed E-state index contributed by atoms with van der Waals surface area (Å²) in [5.74, 6) is -0.354. The molecule has 0 unspecified atom stereocenters. The summed E-state index contributed by atoms with van der Waals surface area (Å²) >= 11 is 11.8. The summed E-state index contributed by atoms with van der Waals surface area (Å²) in [6, 6.07) is 11.1. The van der Waals surface area contributed by atoms with Crippen LogP contribution in [-0.2, 0) is 14.8 Å². The third-order valence-corrected chi connectivity index (χ3v) is 6.28. The van der Waals surface area contributed by atoms with Gasteiger partial charge in [-0.15, -0.1) is 0 Å². The maximum atomic E-state index is 12.5. The van der Waals surface area contributed by atoms with E-state index >= 15 is 0 Å². The van der Waals surface area contributed by atoms with Gasteiger partial charge in [-0.05, 0) is 42.0 Å². The van der Waals surface area contributed by atoms with Crippen LogP contribution in [0.15, 0.2) is 53.4 Å². The van der Waals surface area contributed by atoms with E-state index in [1.54, 1.807) is 50.3 Å². The van der Waals surface area contributed by atoms with Crippen molar-refractivity contribution in [2.24, 2.45) is 0 Å². The van der Waals surface area contributed by atoms with Crippen LogP contribution in [0.5, 0.6) is 0 Å². The van der Waals surface area contributed by atoms with Crippen molar-refractivity contribution in [2.45, 2.75) is 18.7 Å². The summed E-state index contributed by atoms with van der Waals surface area (Å²) in [4.78, 5) is 12.2. The predicted octanol–water partition coefficient (Wildman–Crippen LogP) is 4.68. The Morgan fingerprint density at radius 2 is 1.59 bits per heavy atom. The molecule has 0 saturated carbocycles. The fourth-order valence-corrected chi connectivity index (χ4v) is 4.43. The minimum absolute atomic E-state index is 0.223. The number of sulfonamides is 1. The average Bonchev–Trinajstić information content (AvgIpc) is 2.60. The number of hydrogen-bond acceptors (Lipinski definition) is 3. The summed E-state index contributed by atoms with van der Waals surface area (Å²) in [6.45, 7) is 4.41. The Kier molecular flexibility index (Phi) is 7.44. The first kappa shape index (κ1) is 21.4. The molecule has 27 heavy (non-hydrogen) atoms. The predicted molar refractivity (Wildman–Crippen MR) is 111 cm³/mol. The van der Waals surface area contributed by atoms with E-state index in [-0.39, 0.29) is 10.8 Å². The molecule has 0 fully saturated rings. The molecule has 2 rings (SSSR count). The maximum absolute atomic E-state index is 12.5. The van der Waals surface area contributed by atoms with Crippen molar-refractivity contribution in [2.75, 3.05) is 18.4 Å². The monoisotopic (exact) mass is 426 g/mol. The molecule has 0 heterocycles. The van der Waals surface area contributed by atoms with Crippen LogP contribution in [0.1, 0.15) is 19.4 Å². The minimum atomic E-state index is -3.49. The molecule has 0 aliphatic rings. The first-order chi connectivity index (χ1) is 12.8. The van der Waals surface area contributed by atoms with Crippen molar-refractivity contribution in [1.29, 1.82) is 0 Å². The first-order valence-electron chi connectivity index (χ1n) is 8.31. The molecule has 2 aromatic carbocycles. The summed E-state index contributed by atoms with van der Waals surface area (Å²) in [7, 11) is -3.49. The van der Waals surface area contributed by atoms with Crippen molar-refractivity contribution in [3.8, 4) is 0 Å². The second-order valence-electron chi connectivity index (χ2n) is 5.64. The minimum Gasteiger partial charge on any atom is -0.322 e. The fourth-order valence-electron chi connectivity index (χ4n) is 2.45. The number of nitrogens with zero attached hydrogens (tertiary/aromatic N) is 1. The SMILES string of the molecule is CCN(CC)S(=O)(=O)c1ccc(C=CC(=O)Nc2cc(Cl)cc(Cl)c2)cc1. The van der Waals surface area contributed by atoms with Gasteiger partial charge in [0.05, 0.1) is 4.90 Å². The Morgan fingerprint density at radius 1 is 1.04 bits per heavy atom. The lowest BCUT2D eigenvalue weighted by Gasteiger charge is -2.18. The van der Waals surface area contributed by atoms with Crippen LogP contribution in [-0.4, -0.2) is 31.7 Å². The summed E-state index contributed by atoms with van der Waals surface area (Å²) in [5.41, 5.74) is 1.19. The van der Waals surface area contributed by atoms with Gasteiger partial charge in [0.2, 0.25) is 15.9 Å². The van der Waals surface area contributed by atoms with Gasteiger partial charge in [-0.25, -0.2) is 8.42 Å². The Labute approximate surface area is 169 Å². The van der Waals surface area contributed by atoms with E-state index in [4.69, 9.17) is 23.2 Å². The summed E-state index contributed by atoms with van der Waals surface area (Å²) < 4.78 is 26.3. The molecular formula is C19H20Cl2N2O3S. The quantitative estimate of drug-likeness (QED) is 0.653. The van der Waals surface area contributed by atoms with E-state index in [9.17, 15) is 13.2 Å². The zero-order valence-electron chi connectivity index (χ0n) is 14.9. The number of anilines is 1. The molecule has 0 saturated heterocycles. The maximum Gasteiger partial charge on any atom is 0.248 e. The number of rotatable bonds is 7. The number of nitrogens with one attached hydrogen (secondary N) is 1. The third-order valence-electron chi connectivity index (χ3n) is 3.78. The second-order valence-corrected chi connectivity index (χ2v) is 8.45. The number of carbonyl (C=O) groups is 1. The molecular weight excluding hydrogens is 407 g/mol. The molecule has 0 aliphatic heterocycles. The van der Waals surface area contributed by atoms with Gasteiger partial charge in [-0.3, -0.25) is 4.79 Å². The van der Waals surface area contributed by atoms with E-state index in [2.05, 4.69) is 5.32 Å². The highest BCUT2D eigenvalue weighted by atomic mass is 35.5. The summed E-state index contributed by atoms with van der Waals surface area (Å²) in [5, 5.41) is 3.51. The van der Waals surface area contributed by atoms with Gasteiger partial charge in [-0.1, -0.05) is 49.2 Å². The fraction of sp³-hybridized carbons (Fsp3) is 0.211. The van der Waals surface area contributed by atoms with Gasteiger partial charge in [0.25, 0.3) is 0 Å². The molecule has 1 N–H and O–H groups in total. The van der Waals surface area contributed by atoms with E-state index in [0.717, 1.165) is 0 Å². The number of halogens is 2. The number of benzene rings is 2. The zero-order valence-corrected chi connectivity index (χ0v) is 17.3. The smallest absolute Gasteiger partial charge is 0.248 e. The van der Waals surface area contributed by atoms with Gasteiger partial charge < -0.3 is 5.32 Å². The first-order valence-corrected chi connectivity index (χ1v) is 10.5. The lowest BCUT2D eigenvalue weighted by Crippen LogP contribution is -2.30. The molecule has 5 nitrogen and oxygen atoms in total.